The van der Waals surface area contributed by atoms with Crippen LogP contribution >= 0.6 is 11.3 Å². The minimum absolute atomic E-state index is 0.165. The summed E-state index contributed by atoms with van der Waals surface area (Å²) in [4.78, 5) is 28.4. The number of hydrogen-bond donors (Lipinski definition) is 3. The second-order valence-corrected chi connectivity index (χ2v) is 10.9. The molecule has 2 aromatic carbocycles. The van der Waals surface area contributed by atoms with Gasteiger partial charge in [0.25, 0.3) is 11.8 Å². The molecule has 1 aromatic heterocycles. The van der Waals surface area contributed by atoms with Crippen LogP contribution in [0.4, 0.5) is 8.78 Å². The minimum Gasteiger partial charge on any atom is -0.388 e. The molecule has 1 unspecified atom stereocenters. The number of carbonyl (C=O) groups is 2. The van der Waals surface area contributed by atoms with Crippen LogP contribution in [0.5, 0.6) is 0 Å². The van der Waals surface area contributed by atoms with Gasteiger partial charge in [0.15, 0.2) is 0 Å². The van der Waals surface area contributed by atoms with Crippen LogP contribution in [0.3, 0.4) is 0 Å². The van der Waals surface area contributed by atoms with Gasteiger partial charge in [-0.05, 0) is 90.0 Å². The number of aliphatic hydroxyl groups excluding tert-OH is 2. The first-order valence-corrected chi connectivity index (χ1v) is 14.7. The number of amides is 2. The number of nitrogens with one attached hydrogen (secondary N) is 1. The molecule has 3 rings (SSSR count). The van der Waals surface area contributed by atoms with Crippen molar-refractivity contribution in [2.24, 2.45) is 0 Å². The third-order valence-corrected chi connectivity index (χ3v) is 7.23. The molecule has 0 aliphatic rings. The summed E-state index contributed by atoms with van der Waals surface area (Å²) in [6, 6.07) is 8.51. The van der Waals surface area contributed by atoms with Crippen molar-refractivity contribution < 1.29 is 33.3 Å². The summed E-state index contributed by atoms with van der Waals surface area (Å²) in [6.45, 7) is 6.93. The van der Waals surface area contributed by atoms with E-state index in [1.807, 2.05) is 30.7 Å². The molecule has 0 spiro atoms. The molecule has 0 bridgehead atoms. The van der Waals surface area contributed by atoms with Crippen molar-refractivity contribution in [1.29, 1.82) is 0 Å². The number of hydrogen-bond acceptors (Lipinski definition) is 6. The predicted molar refractivity (Wildman–Crippen MR) is 155 cm³/mol. The fraction of sp³-hybridized carbons (Fsp3) is 0.419. The highest BCUT2D eigenvalue weighted by atomic mass is 32.1. The lowest BCUT2D eigenvalue weighted by Crippen LogP contribution is -2.51. The molecule has 0 aliphatic heterocycles. The molecule has 1 heterocycles. The van der Waals surface area contributed by atoms with Gasteiger partial charge in [0.1, 0.15) is 23.8 Å². The summed E-state index contributed by atoms with van der Waals surface area (Å²) >= 11 is 1.50. The van der Waals surface area contributed by atoms with E-state index in [9.17, 15) is 28.6 Å². The van der Waals surface area contributed by atoms with E-state index < -0.39 is 35.8 Å². The fourth-order valence-corrected chi connectivity index (χ4v) is 5.26. The molecule has 0 saturated heterocycles. The Morgan fingerprint density at radius 2 is 1.63 bits per heavy atom. The Labute approximate surface area is 243 Å². The Kier molecular flexibility index (Phi) is 12.4. The molecule has 10 heteroatoms. The molecule has 2 amide bonds. The van der Waals surface area contributed by atoms with Crippen LogP contribution in [0.25, 0.3) is 0 Å². The fourth-order valence-electron chi connectivity index (χ4n) is 4.61. The number of benzene rings is 2. The number of aryl methyl sites for hydroxylation is 1. The van der Waals surface area contributed by atoms with Gasteiger partial charge < -0.3 is 25.2 Å². The average Bonchev–Trinajstić information content (AvgIpc) is 3.44. The molecule has 222 valence electrons. The Hall–Kier alpha value is -3.18. The van der Waals surface area contributed by atoms with E-state index in [2.05, 4.69) is 5.32 Å². The maximum atomic E-state index is 13.9. The number of thiophene rings is 1. The average molecular weight is 589 g/mol. The molecule has 0 radical (unpaired) electrons. The second kappa shape index (κ2) is 15.7. The Balaban J connectivity index is 1.82. The highest BCUT2D eigenvalue weighted by Crippen LogP contribution is 2.17. The van der Waals surface area contributed by atoms with Crippen LogP contribution in [0.1, 0.15) is 64.1 Å². The zero-order valence-electron chi connectivity index (χ0n) is 23.6. The van der Waals surface area contributed by atoms with Gasteiger partial charge in [0, 0.05) is 30.3 Å². The highest BCUT2D eigenvalue weighted by Gasteiger charge is 2.29. The summed E-state index contributed by atoms with van der Waals surface area (Å²) in [6.07, 6.45) is -1.50. The van der Waals surface area contributed by atoms with E-state index in [1.54, 1.807) is 24.0 Å². The van der Waals surface area contributed by atoms with Gasteiger partial charge in [-0.2, -0.15) is 11.3 Å². The molecule has 0 fully saturated rings. The Morgan fingerprint density at radius 3 is 2.24 bits per heavy atom. The van der Waals surface area contributed by atoms with Gasteiger partial charge in [0.05, 0.1) is 19.3 Å². The van der Waals surface area contributed by atoms with Gasteiger partial charge >= 0.3 is 0 Å². The van der Waals surface area contributed by atoms with E-state index in [-0.39, 0.29) is 36.7 Å². The monoisotopic (exact) mass is 588 g/mol. The van der Waals surface area contributed by atoms with Crippen molar-refractivity contribution in [1.82, 2.24) is 10.2 Å². The van der Waals surface area contributed by atoms with Crippen LogP contribution < -0.4 is 5.32 Å². The lowest BCUT2D eigenvalue weighted by atomic mass is 9.96. The first-order valence-electron chi connectivity index (χ1n) is 13.7. The Morgan fingerprint density at radius 1 is 0.976 bits per heavy atom. The van der Waals surface area contributed by atoms with E-state index in [1.165, 1.54) is 17.4 Å². The molecular weight excluding hydrogens is 550 g/mol. The lowest BCUT2D eigenvalue weighted by molar-refractivity contribution is -0.0543. The van der Waals surface area contributed by atoms with Crippen LogP contribution in [0.15, 0.2) is 53.2 Å². The van der Waals surface area contributed by atoms with Crippen molar-refractivity contribution in [2.45, 2.75) is 64.9 Å². The van der Waals surface area contributed by atoms with Crippen LogP contribution in [0, 0.1) is 18.6 Å². The molecule has 0 saturated carbocycles. The van der Waals surface area contributed by atoms with Crippen molar-refractivity contribution in [3.8, 4) is 0 Å². The van der Waals surface area contributed by atoms with Gasteiger partial charge in [-0.3, -0.25) is 9.59 Å². The first-order chi connectivity index (χ1) is 19.6. The van der Waals surface area contributed by atoms with Crippen molar-refractivity contribution in [3.63, 3.8) is 0 Å². The minimum atomic E-state index is -1.52. The maximum Gasteiger partial charge on any atom is 0.253 e. The molecule has 3 aromatic rings. The quantitative estimate of drug-likeness (QED) is 0.235. The molecular formula is C31H38F2N2O5S. The third kappa shape index (κ3) is 9.71. The summed E-state index contributed by atoms with van der Waals surface area (Å²) in [5.74, 6) is -2.39. The zero-order chi connectivity index (χ0) is 29.9. The van der Waals surface area contributed by atoms with Crippen molar-refractivity contribution in [3.05, 3.63) is 92.7 Å². The summed E-state index contributed by atoms with van der Waals surface area (Å²) < 4.78 is 33.4. The smallest absolute Gasteiger partial charge is 0.253 e. The highest BCUT2D eigenvalue weighted by molar-refractivity contribution is 7.07. The maximum absolute atomic E-state index is 13.9. The molecule has 3 atom stereocenters. The number of rotatable bonds is 15. The molecule has 7 nitrogen and oxygen atoms in total. The van der Waals surface area contributed by atoms with Crippen LogP contribution in [0.2, 0.25) is 0 Å². The van der Waals surface area contributed by atoms with Crippen LogP contribution in [-0.4, -0.2) is 64.9 Å². The predicted octanol–water partition coefficient (Wildman–Crippen LogP) is 4.88. The van der Waals surface area contributed by atoms with E-state index in [0.29, 0.717) is 24.2 Å². The molecule has 3 N–H and O–H groups in total. The summed E-state index contributed by atoms with van der Waals surface area (Å²) in [5, 5.41) is 28.2. The van der Waals surface area contributed by atoms with Crippen molar-refractivity contribution in [2.75, 3.05) is 19.7 Å². The first kappa shape index (κ1) is 32.3. The van der Waals surface area contributed by atoms with Crippen LogP contribution in [-0.2, 0) is 17.8 Å². The summed E-state index contributed by atoms with van der Waals surface area (Å²) in [5.41, 5.74) is 2.35. The molecule has 41 heavy (non-hydrogen) atoms. The zero-order valence-corrected chi connectivity index (χ0v) is 24.4. The largest absolute Gasteiger partial charge is 0.388 e. The third-order valence-electron chi connectivity index (χ3n) is 6.50. The van der Waals surface area contributed by atoms with Gasteiger partial charge in [-0.25, -0.2) is 8.78 Å². The van der Waals surface area contributed by atoms with E-state index in [0.717, 1.165) is 36.6 Å². The van der Waals surface area contributed by atoms with Gasteiger partial charge in [0.2, 0.25) is 0 Å². The number of nitrogens with zero attached hydrogens (tertiary/aromatic N) is 1. The topological polar surface area (TPSA) is 99.1 Å². The van der Waals surface area contributed by atoms with E-state index >= 15 is 0 Å². The van der Waals surface area contributed by atoms with Gasteiger partial charge in [-0.15, -0.1) is 0 Å². The summed E-state index contributed by atoms with van der Waals surface area (Å²) in [7, 11) is 0. The lowest BCUT2D eigenvalue weighted by Gasteiger charge is -2.28. The van der Waals surface area contributed by atoms with Crippen molar-refractivity contribution >= 4 is 23.2 Å². The second-order valence-electron chi connectivity index (χ2n) is 10.1. The molecule has 0 aliphatic carbocycles. The Bertz CT molecular complexity index is 1260. The SMILES string of the molecule is CCCN(CCC)C(=O)c1cc(C)cc(C(=O)N[C@@H](Cc2cc(F)cc(F)c2)[C@@H](O)C(O)COCc2ccsc2)c1. The number of aliphatic hydroxyl groups is 2. The standard InChI is InChI=1S/C31H38F2N2O5S/c1-4-7-35(8-5-2)31(39)24-11-20(3)10-23(15-24)30(38)34-27(14-22-12-25(32)16-26(33)13-22)29(37)28(36)18-40-17-21-6-9-41-19-21/h6,9-13,15-16,19,27-29,36-37H,4-5,7-8,14,17-18H2,1-3H3,(H,34,38)/t27-,28?,29+/m0/s1. The normalized spacial score (nSPS) is 13.4. The number of ether oxygens (including phenoxy) is 1. The van der Waals surface area contributed by atoms with Gasteiger partial charge in [-0.1, -0.05) is 13.8 Å². The number of halogens is 2. The van der Waals surface area contributed by atoms with E-state index in [4.69, 9.17) is 4.74 Å². The number of carbonyl (C=O) groups excluding carboxylic acids is 2.